The summed E-state index contributed by atoms with van der Waals surface area (Å²) in [5.41, 5.74) is -0.116. The maximum Gasteiger partial charge on any atom is 0.416 e. The maximum absolute atomic E-state index is 12.4. The Labute approximate surface area is 82.5 Å². The van der Waals surface area contributed by atoms with E-state index in [1.54, 1.807) is 0 Å². The molecule has 0 bridgehead atoms. The molecular weight excluding hydrogens is 209 g/mol. The lowest BCUT2D eigenvalue weighted by Crippen LogP contribution is -2.04. The molecule has 15 heavy (non-hydrogen) atoms. The van der Waals surface area contributed by atoms with Gasteiger partial charge < -0.3 is 0 Å². The number of nitrogens with zero attached hydrogens (tertiary/aromatic N) is 2. The van der Waals surface area contributed by atoms with Gasteiger partial charge in [-0.1, -0.05) is 17.3 Å². The van der Waals surface area contributed by atoms with Crippen molar-refractivity contribution >= 4 is 0 Å². The summed E-state index contributed by atoms with van der Waals surface area (Å²) in [5.74, 6) is 0. The molecule has 1 heterocycles. The van der Waals surface area contributed by atoms with Gasteiger partial charge in [-0.3, -0.25) is 0 Å². The summed E-state index contributed by atoms with van der Waals surface area (Å²) in [7, 11) is 0. The van der Waals surface area contributed by atoms with Gasteiger partial charge in [0.05, 0.1) is 11.8 Å². The molecule has 6 heteroatoms. The van der Waals surface area contributed by atoms with E-state index in [0.717, 1.165) is 12.1 Å². The van der Waals surface area contributed by atoms with Gasteiger partial charge in [-0.15, -0.1) is 0 Å². The van der Waals surface area contributed by atoms with Crippen molar-refractivity contribution in [1.29, 1.82) is 0 Å². The van der Waals surface area contributed by atoms with Crippen molar-refractivity contribution in [2.45, 2.75) is 6.18 Å². The monoisotopic (exact) mass is 214 g/mol. The summed E-state index contributed by atoms with van der Waals surface area (Å²) >= 11 is 0. The lowest BCUT2D eigenvalue weighted by atomic mass is 10.1. The first kappa shape index (κ1) is 9.70. The second-order valence-corrected chi connectivity index (χ2v) is 2.87. The second kappa shape index (κ2) is 3.38. The predicted octanol–water partition coefficient (Wildman–Crippen LogP) is 2.76. The summed E-state index contributed by atoms with van der Waals surface area (Å²) in [5, 5.41) is 6.78. The smallest absolute Gasteiger partial charge is 0.244 e. The lowest BCUT2D eigenvalue weighted by molar-refractivity contribution is -0.137. The maximum atomic E-state index is 12.4. The van der Waals surface area contributed by atoms with E-state index in [4.69, 9.17) is 0 Å². The van der Waals surface area contributed by atoms with E-state index < -0.39 is 11.7 Å². The normalized spacial score (nSPS) is 11.7. The number of rotatable bonds is 1. The van der Waals surface area contributed by atoms with E-state index in [1.165, 1.54) is 18.3 Å². The SMILES string of the molecule is FC(F)(F)c1cccc(-c2cnon2)c1. The Kier molecular flexibility index (Phi) is 2.18. The molecule has 2 aromatic rings. The van der Waals surface area contributed by atoms with Crippen LogP contribution in [0.3, 0.4) is 0 Å². The van der Waals surface area contributed by atoms with E-state index in [-0.39, 0.29) is 5.69 Å². The van der Waals surface area contributed by atoms with Crippen LogP contribution in [0, 0.1) is 0 Å². The Morgan fingerprint density at radius 3 is 2.60 bits per heavy atom. The van der Waals surface area contributed by atoms with E-state index >= 15 is 0 Å². The first-order chi connectivity index (χ1) is 7.07. The third-order valence-electron chi connectivity index (χ3n) is 1.85. The van der Waals surface area contributed by atoms with Crippen molar-refractivity contribution in [2.24, 2.45) is 0 Å². The van der Waals surface area contributed by atoms with Crippen LogP contribution in [-0.2, 0) is 6.18 Å². The number of halogens is 3. The Hall–Kier alpha value is -1.85. The van der Waals surface area contributed by atoms with Gasteiger partial charge >= 0.3 is 6.18 Å². The molecule has 1 aromatic heterocycles. The van der Waals surface area contributed by atoms with Crippen LogP contribution in [0.15, 0.2) is 35.1 Å². The van der Waals surface area contributed by atoms with Crippen molar-refractivity contribution in [1.82, 2.24) is 10.3 Å². The van der Waals surface area contributed by atoms with Gasteiger partial charge in [0.2, 0.25) is 0 Å². The zero-order chi connectivity index (χ0) is 10.9. The van der Waals surface area contributed by atoms with Crippen molar-refractivity contribution < 1.29 is 17.8 Å². The molecule has 78 valence electrons. The summed E-state index contributed by atoms with van der Waals surface area (Å²) in [6.45, 7) is 0. The van der Waals surface area contributed by atoms with Gasteiger partial charge in [-0.25, -0.2) is 4.63 Å². The Morgan fingerprint density at radius 1 is 1.20 bits per heavy atom. The highest BCUT2D eigenvalue weighted by atomic mass is 19.4. The van der Waals surface area contributed by atoms with Crippen LogP contribution >= 0.6 is 0 Å². The largest absolute Gasteiger partial charge is 0.416 e. The zero-order valence-electron chi connectivity index (χ0n) is 7.32. The van der Waals surface area contributed by atoms with Crippen molar-refractivity contribution in [3.05, 3.63) is 36.0 Å². The first-order valence-electron chi connectivity index (χ1n) is 4.02. The molecule has 0 spiro atoms. The molecule has 0 aliphatic carbocycles. The summed E-state index contributed by atoms with van der Waals surface area (Å²) in [6, 6.07) is 4.82. The van der Waals surface area contributed by atoms with Gasteiger partial charge in [-0.05, 0) is 17.3 Å². The number of hydrogen-bond donors (Lipinski definition) is 0. The van der Waals surface area contributed by atoms with Gasteiger partial charge in [0.1, 0.15) is 5.69 Å². The molecule has 3 nitrogen and oxygen atoms in total. The standard InChI is InChI=1S/C9H5F3N2O/c10-9(11,12)7-3-1-2-6(4-7)8-5-13-15-14-8/h1-5H. The minimum Gasteiger partial charge on any atom is -0.244 e. The fraction of sp³-hybridized carbons (Fsp3) is 0.111. The minimum atomic E-state index is -4.35. The molecule has 0 amide bonds. The van der Waals surface area contributed by atoms with Crippen molar-refractivity contribution in [3.63, 3.8) is 0 Å². The van der Waals surface area contributed by atoms with Crippen LogP contribution in [0.4, 0.5) is 13.2 Å². The predicted molar refractivity (Wildman–Crippen MR) is 44.7 cm³/mol. The van der Waals surface area contributed by atoms with Crippen molar-refractivity contribution in [3.8, 4) is 11.3 Å². The van der Waals surface area contributed by atoms with Crippen molar-refractivity contribution in [2.75, 3.05) is 0 Å². The van der Waals surface area contributed by atoms with Crippen LogP contribution < -0.4 is 0 Å². The average Bonchev–Trinajstić information content (AvgIpc) is 2.69. The number of aromatic nitrogens is 2. The molecule has 0 unspecified atom stereocenters. The summed E-state index contributed by atoms with van der Waals surface area (Å²) < 4.78 is 41.4. The number of benzene rings is 1. The third kappa shape index (κ3) is 1.98. The number of hydrogen-bond acceptors (Lipinski definition) is 3. The Bertz CT molecular complexity index is 451. The molecule has 0 saturated heterocycles. The second-order valence-electron chi connectivity index (χ2n) is 2.87. The highest BCUT2D eigenvalue weighted by Crippen LogP contribution is 2.31. The molecule has 0 atom stereocenters. The third-order valence-corrected chi connectivity index (χ3v) is 1.85. The van der Waals surface area contributed by atoms with Crippen LogP contribution in [0.5, 0.6) is 0 Å². The Balaban J connectivity index is 2.44. The molecule has 0 aliphatic heterocycles. The molecule has 0 fully saturated rings. The zero-order valence-corrected chi connectivity index (χ0v) is 7.32. The fourth-order valence-electron chi connectivity index (χ4n) is 1.15. The fourth-order valence-corrected chi connectivity index (χ4v) is 1.15. The average molecular weight is 214 g/mol. The van der Waals surface area contributed by atoms with Gasteiger partial charge in [0.15, 0.2) is 0 Å². The van der Waals surface area contributed by atoms with Crippen LogP contribution in [0.2, 0.25) is 0 Å². The molecule has 0 radical (unpaired) electrons. The quantitative estimate of drug-likeness (QED) is 0.732. The summed E-state index contributed by atoms with van der Waals surface area (Å²) in [4.78, 5) is 0. The van der Waals surface area contributed by atoms with Gasteiger partial charge in [-0.2, -0.15) is 13.2 Å². The molecule has 2 rings (SSSR count). The summed E-state index contributed by atoms with van der Waals surface area (Å²) in [6.07, 6.45) is -3.09. The molecule has 1 aromatic carbocycles. The van der Waals surface area contributed by atoms with E-state index in [9.17, 15) is 13.2 Å². The first-order valence-corrected chi connectivity index (χ1v) is 4.02. The van der Waals surface area contributed by atoms with Crippen LogP contribution in [0.1, 0.15) is 5.56 Å². The highest BCUT2D eigenvalue weighted by molar-refractivity contribution is 5.58. The minimum absolute atomic E-state index is 0.279. The van der Waals surface area contributed by atoms with Gasteiger partial charge in [0.25, 0.3) is 0 Å². The van der Waals surface area contributed by atoms with E-state index in [0.29, 0.717) is 5.56 Å². The number of alkyl halides is 3. The van der Waals surface area contributed by atoms with E-state index in [2.05, 4.69) is 14.9 Å². The molecule has 0 N–H and O–H groups in total. The topological polar surface area (TPSA) is 38.9 Å². The lowest BCUT2D eigenvalue weighted by Gasteiger charge is -2.06. The van der Waals surface area contributed by atoms with Gasteiger partial charge in [0, 0.05) is 5.56 Å². The van der Waals surface area contributed by atoms with E-state index in [1.807, 2.05) is 0 Å². The molecule has 0 aliphatic rings. The molecular formula is C9H5F3N2O. The van der Waals surface area contributed by atoms with Crippen LogP contribution in [0.25, 0.3) is 11.3 Å². The molecule has 0 saturated carbocycles. The Morgan fingerprint density at radius 2 is 2.00 bits per heavy atom. The highest BCUT2D eigenvalue weighted by Gasteiger charge is 2.30. The van der Waals surface area contributed by atoms with Crippen LogP contribution in [-0.4, -0.2) is 10.3 Å².